The molecule has 1 amide bonds. The third-order valence-electron chi connectivity index (χ3n) is 13.9. The second kappa shape index (κ2) is 52.0. The number of esters is 1. The van der Waals surface area contributed by atoms with Crippen LogP contribution in [0.4, 0.5) is 0 Å². The molecular weight excluding hydrogens is 904 g/mol. The number of carbonyl (C=O) groups is 2. The van der Waals surface area contributed by atoms with Gasteiger partial charge in [0.05, 0.1) is 33.8 Å². The molecule has 0 spiro atoms. The fourth-order valence-electron chi connectivity index (χ4n) is 9.10. The lowest BCUT2D eigenvalue weighted by Crippen LogP contribution is -2.47. The van der Waals surface area contributed by atoms with Crippen LogP contribution in [0.5, 0.6) is 0 Å². The molecule has 0 aromatic carbocycles. The SMILES string of the molecule is CCCC/C=C\CCCCCCCC(=O)OC(/C=C\CCCCCCCCCCC)C(COP(=O)(O)OCC[N+](C)(C)C)NC(=O)CCCCCCCCCCCCCCCCCCCCCCCCC. The molecule has 0 saturated carbocycles. The smallest absolute Gasteiger partial charge is 0.456 e. The summed E-state index contributed by atoms with van der Waals surface area (Å²) in [6.45, 7) is 7.00. The Hall–Kier alpha value is -1.51. The van der Waals surface area contributed by atoms with Crippen molar-refractivity contribution in [3.8, 4) is 0 Å². The van der Waals surface area contributed by atoms with Gasteiger partial charge in [-0.2, -0.15) is 0 Å². The maximum Gasteiger partial charge on any atom is 0.472 e. The Kier molecular flexibility index (Phi) is 50.8. The lowest BCUT2D eigenvalue weighted by atomic mass is 10.0. The van der Waals surface area contributed by atoms with Crippen LogP contribution in [0, 0.1) is 0 Å². The zero-order chi connectivity index (χ0) is 52.2. The molecule has 0 saturated heterocycles. The van der Waals surface area contributed by atoms with Crippen molar-refractivity contribution in [3.05, 3.63) is 24.3 Å². The van der Waals surface area contributed by atoms with E-state index in [0.29, 0.717) is 17.4 Å². The van der Waals surface area contributed by atoms with Crippen molar-refractivity contribution in [1.82, 2.24) is 5.32 Å². The van der Waals surface area contributed by atoms with Gasteiger partial charge in [-0.1, -0.05) is 264 Å². The van der Waals surface area contributed by atoms with Crippen LogP contribution in [0.15, 0.2) is 24.3 Å². The normalized spacial score (nSPS) is 13.8. The van der Waals surface area contributed by atoms with E-state index in [0.717, 1.165) is 83.5 Å². The second-order valence-corrected chi connectivity index (χ2v) is 23.7. The maximum atomic E-state index is 13.5. The summed E-state index contributed by atoms with van der Waals surface area (Å²) in [4.78, 5) is 37.6. The van der Waals surface area contributed by atoms with E-state index in [1.165, 1.54) is 186 Å². The van der Waals surface area contributed by atoms with Crippen LogP contribution in [0.1, 0.15) is 303 Å². The number of quaternary nitrogens is 1. The molecule has 420 valence electrons. The third-order valence-corrected chi connectivity index (χ3v) is 14.9. The quantitative estimate of drug-likeness (QED) is 0.0205. The van der Waals surface area contributed by atoms with Crippen molar-refractivity contribution in [3.63, 3.8) is 0 Å². The van der Waals surface area contributed by atoms with Crippen molar-refractivity contribution < 1.29 is 37.3 Å². The first-order chi connectivity index (χ1) is 34.4. The second-order valence-electron chi connectivity index (χ2n) is 22.2. The summed E-state index contributed by atoms with van der Waals surface area (Å²) in [7, 11) is 1.50. The lowest BCUT2D eigenvalue weighted by Gasteiger charge is -2.27. The van der Waals surface area contributed by atoms with Crippen LogP contribution in [0.2, 0.25) is 0 Å². The maximum absolute atomic E-state index is 13.5. The Morgan fingerprint density at radius 1 is 0.479 bits per heavy atom. The topological polar surface area (TPSA) is 111 Å². The van der Waals surface area contributed by atoms with Crippen molar-refractivity contribution in [2.45, 2.75) is 315 Å². The molecule has 0 radical (unpaired) electrons. The standard InChI is InChI=1S/C61H119N2O7P/c1-7-10-13-16-19-22-25-26-27-28-29-30-31-32-33-34-35-36-39-41-44-47-50-53-60(64)62-58(57-69-71(66,67)68-56-55-63(4,5)6)59(52-49-46-43-40-37-23-20-17-14-11-8-2)70-61(65)54-51-48-45-42-38-24-21-18-15-12-9-3/h18,21,49,52,58-59H,7-17,19-20,22-48,50-51,53-57H2,1-6H3,(H-,62,64,66,67)/p+1/b21-18-,52-49-. The number of amides is 1. The first-order valence-corrected chi connectivity index (χ1v) is 32.2. The number of rotatable bonds is 56. The van der Waals surface area contributed by atoms with E-state index < -0.39 is 20.0 Å². The Labute approximate surface area is 441 Å². The van der Waals surface area contributed by atoms with E-state index in [1.54, 1.807) is 0 Å². The summed E-state index contributed by atoms with van der Waals surface area (Å²) >= 11 is 0. The molecule has 2 N–H and O–H groups in total. The lowest BCUT2D eigenvalue weighted by molar-refractivity contribution is -0.870. The molecule has 10 heteroatoms. The first-order valence-electron chi connectivity index (χ1n) is 30.7. The number of hydrogen-bond donors (Lipinski definition) is 2. The number of nitrogens with zero attached hydrogens (tertiary/aromatic N) is 1. The Morgan fingerprint density at radius 2 is 0.831 bits per heavy atom. The van der Waals surface area contributed by atoms with E-state index in [4.69, 9.17) is 13.8 Å². The number of allylic oxidation sites excluding steroid dienone is 3. The first kappa shape index (κ1) is 69.5. The van der Waals surface area contributed by atoms with Gasteiger partial charge in [0, 0.05) is 12.8 Å². The number of phosphoric acid groups is 1. The number of likely N-dealkylation sites (N-methyl/N-ethyl adjacent to an activating group) is 1. The highest BCUT2D eigenvalue weighted by atomic mass is 31.2. The van der Waals surface area contributed by atoms with Crippen molar-refractivity contribution in [2.75, 3.05) is 40.9 Å². The fraction of sp³-hybridized carbons (Fsp3) is 0.902. The van der Waals surface area contributed by atoms with Gasteiger partial charge in [0.2, 0.25) is 5.91 Å². The average Bonchev–Trinajstić information content (AvgIpc) is 3.33. The van der Waals surface area contributed by atoms with Crippen molar-refractivity contribution in [1.29, 1.82) is 0 Å². The van der Waals surface area contributed by atoms with E-state index in [9.17, 15) is 19.0 Å². The van der Waals surface area contributed by atoms with E-state index in [2.05, 4.69) is 38.2 Å². The molecule has 0 heterocycles. The summed E-state index contributed by atoms with van der Waals surface area (Å²) in [5.41, 5.74) is 0. The fourth-order valence-corrected chi connectivity index (χ4v) is 9.84. The van der Waals surface area contributed by atoms with E-state index in [-0.39, 0.29) is 31.5 Å². The number of nitrogens with one attached hydrogen (secondary N) is 1. The highest BCUT2D eigenvalue weighted by Crippen LogP contribution is 2.43. The minimum Gasteiger partial charge on any atom is -0.456 e. The molecule has 0 aliphatic rings. The van der Waals surface area contributed by atoms with Gasteiger partial charge >= 0.3 is 13.8 Å². The van der Waals surface area contributed by atoms with E-state index in [1.807, 2.05) is 33.3 Å². The Balaban J connectivity index is 5.05. The monoisotopic (exact) mass is 1020 g/mol. The number of carbonyl (C=O) groups excluding carboxylic acids is 2. The van der Waals surface area contributed by atoms with Crippen LogP contribution in [-0.4, -0.2) is 74.3 Å². The highest BCUT2D eigenvalue weighted by molar-refractivity contribution is 7.47. The van der Waals surface area contributed by atoms with Gasteiger partial charge in [0.15, 0.2) is 0 Å². The molecule has 0 aromatic rings. The minimum absolute atomic E-state index is 0.0422. The van der Waals surface area contributed by atoms with Crippen LogP contribution < -0.4 is 5.32 Å². The molecule has 9 nitrogen and oxygen atoms in total. The largest absolute Gasteiger partial charge is 0.472 e. The van der Waals surface area contributed by atoms with Crippen LogP contribution in [0.25, 0.3) is 0 Å². The van der Waals surface area contributed by atoms with Gasteiger partial charge in [-0.15, -0.1) is 0 Å². The summed E-state index contributed by atoms with van der Waals surface area (Å²) in [6, 6.07) is -0.844. The van der Waals surface area contributed by atoms with Crippen LogP contribution in [-0.2, 0) is 27.9 Å². The summed E-state index contributed by atoms with van der Waals surface area (Å²) in [5.74, 6) is -0.503. The molecule has 0 aromatic heterocycles. The molecule has 0 aliphatic heterocycles. The Bertz CT molecular complexity index is 1270. The number of hydrogen-bond acceptors (Lipinski definition) is 6. The van der Waals surface area contributed by atoms with Gasteiger partial charge in [-0.05, 0) is 51.0 Å². The van der Waals surface area contributed by atoms with Gasteiger partial charge in [-0.25, -0.2) is 4.57 Å². The van der Waals surface area contributed by atoms with Gasteiger partial charge in [0.1, 0.15) is 19.3 Å². The van der Waals surface area contributed by atoms with Gasteiger partial charge in [0.25, 0.3) is 0 Å². The molecule has 71 heavy (non-hydrogen) atoms. The highest BCUT2D eigenvalue weighted by Gasteiger charge is 2.30. The molecule has 0 fully saturated rings. The average molecular weight is 1020 g/mol. The zero-order valence-corrected chi connectivity index (χ0v) is 48.9. The number of ether oxygens (including phenoxy) is 1. The van der Waals surface area contributed by atoms with Gasteiger partial charge in [-0.3, -0.25) is 18.6 Å². The minimum atomic E-state index is -4.44. The zero-order valence-electron chi connectivity index (χ0n) is 48.0. The van der Waals surface area contributed by atoms with E-state index >= 15 is 0 Å². The van der Waals surface area contributed by atoms with Gasteiger partial charge < -0.3 is 19.4 Å². The van der Waals surface area contributed by atoms with Crippen molar-refractivity contribution >= 4 is 19.7 Å². The predicted molar refractivity (Wildman–Crippen MR) is 305 cm³/mol. The van der Waals surface area contributed by atoms with Crippen molar-refractivity contribution in [2.24, 2.45) is 0 Å². The third kappa shape index (κ3) is 53.1. The number of phosphoric ester groups is 1. The Morgan fingerprint density at radius 3 is 1.24 bits per heavy atom. The van der Waals surface area contributed by atoms with Crippen LogP contribution >= 0.6 is 7.82 Å². The molecule has 3 unspecified atom stereocenters. The summed E-state index contributed by atoms with van der Waals surface area (Å²) < 4.78 is 30.6. The van der Waals surface area contributed by atoms with Crippen LogP contribution in [0.3, 0.4) is 0 Å². The summed E-state index contributed by atoms with van der Waals surface area (Å²) in [5, 5.41) is 3.05. The molecule has 0 aliphatic carbocycles. The predicted octanol–water partition coefficient (Wildman–Crippen LogP) is 18.6. The number of unbranched alkanes of at least 4 members (excludes halogenated alkanes) is 38. The molecule has 3 atom stereocenters. The molecule has 0 rings (SSSR count). The molecule has 0 bridgehead atoms. The molecular formula is C61H120N2O7P+. The summed E-state index contributed by atoms with van der Waals surface area (Å²) in [6.07, 6.45) is 60.4.